The summed E-state index contributed by atoms with van der Waals surface area (Å²) >= 11 is 12.7. The minimum atomic E-state index is 0.118. The highest BCUT2D eigenvalue weighted by Gasteiger charge is 2.02. The maximum atomic E-state index is 9.15. The number of hydrogen-bond acceptors (Lipinski definition) is 2. The van der Waals surface area contributed by atoms with Crippen LogP contribution in [0.4, 0.5) is 0 Å². The van der Waals surface area contributed by atoms with E-state index in [1.165, 1.54) is 0 Å². The van der Waals surface area contributed by atoms with Crippen LogP contribution < -0.4 is 0 Å². The van der Waals surface area contributed by atoms with E-state index in [-0.39, 0.29) is 5.75 Å². The summed E-state index contributed by atoms with van der Waals surface area (Å²) < 4.78 is 0.560. The summed E-state index contributed by atoms with van der Waals surface area (Å²) in [4.78, 5) is 0.472. The molecule has 1 aromatic rings. The molecule has 0 aliphatic rings. The topological polar surface area (TPSA) is 20.2 Å². The van der Waals surface area contributed by atoms with E-state index in [0.29, 0.717) is 14.4 Å². The van der Waals surface area contributed by atoms with E-state index in [4.69, 9.17) is 16.7 Å². The third kappa shape index (κ3) is 1.59. The van der Waals surface area contributed by atoms with Crippen molar-refractivity contribution in [1.82, 2.24) is 0 Å². The fourth-order valence-electron chi connectivity index (χ4n) is 0.552. The highest BCUT2D eigenvalue weighted by molar-refractivity contribution is 9.10. The molecular formula is C6H4BrClOS. The molecule has 0 fully saturated rings. The van der Waals surface area contributed by atoms with Crippen LogP contribution in [0.5, 0.6) is 5.75 Å². The van der Waals surface area contributed by atoms with E-state index in [0.717, 1.165) is 0 Å². The van der Waals surface area contributed by atoms with E-state index in [2.05, 4.69) is 28.6 Å². The average Bonchev–Trinajstić information content (AvgIpc) is 1.82. The molecule has 0 heterocycles. The summed E-state index contributed by atoms with van der Waals surface area (Å²) in [5, 5.41) is 9.70. The molecule has 0 radical (unpaired) electrons. The van der Waals surface area contributed by atoms with Crippen LogP contribution in [-0.4, -0.2) is 5.11 Å². The predicted molar refractivity (Wildman–Crippen MR) is 48.1 cm³/mol. The van der Waals surface area contributed by atoms with Crippen LogP contribution in [0.25, 0.3) is 0 Å². The van der Waals surface area contributed by atoms with Gasteiger partial charge in [-0.05, 0) is 28.1 Å². The molecule has 54 valence electrons. The molecule has 0 aliphatic carbocycles. The van der Waals surface area contributed by atoms with Crippen LogP contribution in [0.3, 0.4) is 0 Å². The van der Waals surface area contributed by atoms with Crippen molar-refractivity contribution in [2.24, 2.45) is 0 Å². The SMILES string of the molecule is Oc1c(S)cc(Cl)cc1Br. The van der Waals surface area contributed by atoms with Gasteiger partial charge < -0.3 is 5.11 Å². The maximum absolute atomic E-state index is 9.15. The van der Waals surface area contributed by atoms with Crippen LogP contribution in [0.1, 0.15) is 0 Å². The van der Waals surface area contributed by atoms with Crippen molar-refractivity contribution in [3.63, 3.8) is 0 Å². The maximum Gasteiger partial charge on any atom is 0.143 e. The van der Waals surface area contributed by atoms with Crippen molar-refractivity contribution >= 4 is 40.2 Å². The van der Waals surface area contributed by atoms with Gasteiger partial charge in [0.1, 0.15) is 5.75 Å². The molecule has 0 atom stereocenters. The molecule has 4 heteroatoms. The molecule has 0 aromatic heterocycles. The van der Waals surface area contributed by atoms with Gasteiger partial charge in [-0.1, -0.05) is 11.6 Å². The number of rotatable bonds is 0. The predicted octanol–water partition coefficient (Wildman–Crippen LogP) is 3.10. The van der Waals surface area contributed by atoms with Crippen LogP contribution in [0.2, 0.25) is 5.02 Å². The average molecular weight is 240 g/mol. The molecule has 1 N–H and O–H groups in total. The summed E-state index contributed by atoms with van der Waals surface area (Å²) in [6.45, 7) is 0. The number of benzene rings is 1. The van der Waals surface area contributed by atoms with E-state index in [1.54, 1.807) is 12.1 Å². The smallest absolute Gasteiger partial charge is 0.143 e. The number of thiol groups is 1. The quantitative estimate of drug-likeness (QED) is 0.667. The van der Waals surface area contributed by atoms with Crippen LogP contribution in [0, 0.1) is 0 Å². The molecule has 1 aromatic carbocycles. The van der Waals surface area contributed by atoms with Gasteiger partial charge in [0.2, 0.25) is 0 Å². The lowest BCUT2D eigenvalue weighted by Crippen LogP contribution is -1.72. The van der Waals surface area contributed by atoms with Gasteiger partial charge in [-0.15, -0.1) is 12.6 Å². The van der Waals surface area contributed by atoms with Crippen molar-refractivity contribution in [1.29, 1.82) is 0 Å². The Bertz CT molecular complexity index is 241. The van der Waals surface area contributed by atoms with Gasteiger partial charge in [-0.2, -0.15) is 0 Å². The third-order valence-corrected chi connectivity index (χ3v) is 2.17. The van der Waals surface area contributed by atoms with Gasteiger partial charge >= 0.3 is 0 Å². The molecule has 0 unspecified atom stereocenters. The van der Waals surface area contributed by atoms with Gasteiger partial charge in [-0.3, -0.25) is 0 Å². The summed E-state index contributed by atoms with van der Waals surface area (Å²) in [5.41, 5.74) is 0. The highest BCUT2D eigenvalue weighted by Crippen LogP contribution is 2.33. The largest absolute Gasteiger partial charge is 0.506 e. The van der Waals surface area contributed by atoms with E-state index < -0.39 is 0 Å². The first kappa shape index (κ1) is 8.24. The van der Waals surface area contributed by atoms with Gasteiger partial charge in [0.05, 0.1) is 4.47 Å². The Labute approximate surface area is 77.6 Å². The highest BCUT2D eigenvalue weighted by atomic mass is 79.9. The lowest BCUT2D eigenvalue weighted by molar-refractivity contribution is 0.459. The fraction of sp³-hybridized carbons (Fsp3) is 0. The number of phenolic OH excluding ortho intramolecular Hbond substituents is 1. The van der Waals surface area contributed by atoms with Crippen LogP contribution in [0.15, 0.2) is 21.5 Å². The normalized spacial score (nSPS) is 9.90. The second-order valence-corrected chi connectivity index (χ2v) is 3.53. The second kappa shape index (κ2) is 3.03. The first-order valence-corrected chi connectivity index (χ1v) is 4.10. The van der Waals surface area contributed by atoms with Crippen molar-refractivity contribution < 1.29 is 5.11 Å². The molecule has 0 aliphatic heterocycles. The molecule has 1 rings (SSSR count). The Hall–Kier alpha value is 0.140. The van der Waals surface area contributed by atoms with Crippen molar-refractivity contribution in [3.8, 4) is 5.75 Å². The third-order valence-electron chi connectivity index (χ3n) is 1.01. The van der Waals surface area contributed by atoms with Crippen LogP contribution in [-0.2, 0) is 0 Å². The van der Waals surface area contributed by atoms with Gasteiger partial charge in [0, 0.05) is 9.92 Å². The standard InChI is InChI=1S/C6H4BrClOS/c7-4-1-3(8)2-5(10)6(4)9/h1-2,9-10H. The lowest BCUT2D eigenvalue weighted by atomic mass is 10.3. The molecular weight excluding hydrogens is 235 g/mol. The number of phenols is 1. The Morgan fingerprint density at radius 2 is 2.10 bits per heavy atom. The lowest BCUT2D eigenvalue weighted by Gasteiger charge is -1.99. The Kier molecular flexibility index (Phi) is 2.50. The second-order valence-electron chi connectivity index (χ2n) is 1.76. The van der Waals surface area contributed by atoms with E-state index in [1.807, 2.05) is 0 Å². The molecule has 0 spiro atoms. The number of halogens is 2. The summed E-state index contributed by atoms with van der Waals surface area (Å²) in [5.74, 6) is 0.118. The zero-order chi connectivity index (χ0) is 7.72. The minimum Gasteiger partial charge on any atom is -0.506 e. The molecule has 0 saturated heterocycles. The molecule has 0 saturated carbocycles. The fourth-order valence-corrected chi connectivity index (χ4v) is 1.85. The summed E-state index contributed by atoms with van der Waals surface area (Å²) in [6.07, 6.45) is 0. The number of hydrogen-bond donors (Lipinski definition) is 2. The van der Waals surface area contributed by atoms with Crippen molar-refractivity contribution in [2.75, 3.05) is 0 Å². The van der Waals surface area contributed by atoms with E-state index >= 15 is 0 Å². The Morgan fingerprint density at radius 3 is 2.60 bits per heavy atom. The van der Waals surface area contributed by atoms with Gasteiger partial charge in [0.25, 0.3) is 0 Å². The van der Waals surface area contributed by atoms with Gasteiger partial charge in [0.15, 0.2) is 0 Å². The zero-order valence-corrected chi connectivity index (χ0v) is 8.04. The molecule has 1 nitrogen and oxygen atoms in total. The van der Waals surface area contributed by atoms with Crippen molar-refractivity contribution in [3.05, 3.63) is 21.6 Å². The number of aromatic hydroxyl groups is 1. The first-order valence-electron chi connectivity index (χ1n) is 2.48. The molecule has 0 amide bonds. The first-order chi connectivity index (χ1) is 4.61. The molecule has 10 heavy (non-hydrogen) atoms. The molecule has 0 bridgehead atoms. The Balaban J connectivity index is 3.31. The summed E-state index contributed by atoms with van der Waals surface area (Å²) in [6, 6.07) is 3.18. The monoisotopic (exact) mass is 238 g/mol. The van der Waals surface area contributed by atoms with E-state index in [9.17, 15) is 0 Å². The Morgan fingerprint density at radius 1 is 1.50 bits per heavy atom. The zero-order valence-electron chi connectivity index (χ0n) is 4.81. The van der Waals surface area contributed by atoms with Crippen LogP contribution >= 0.6 is 40.2 Å². The van der Waals surface area contributed by atoms with Crippen molar-refractivity contribution in [2.45, 2.75) is 4.90 Å². The summed E-state index contributed by atoms with van der Waals surface area (Å²) in [7, 11) is 0. The minimum absolute atomic E-state index is 0.118. The van der Waals surface area contributed by atoms with Gasteiger partial charge in [-0.25, -0.2) is 0 Å².